The molecule has 23 heavy (non-hydrogen) atoms. The van der Waals surface area contributed by atoms with Gasteiger partial charge in [-0.25, -0.2) is 14.4 Å². The normalized spacial score (nSPS) is 14.8. The molecule has 1 aromatic carbocycles. The number of rotatable bonds is 3. The molecule has 0 aliphatic heterocycles. The quantitative estimate of drug-likeness (QED) is 0.755. The number of carbonyl (C=O) groups is 1. The number of hydrogen-bond donors (Lipinski definition) is 1. The van der Waals surface area contributed by atoms with Crippen LogP contribution in [0.3, 0.4) is 0 Å². The van der Waals surface area contributed by atoms with E-state index < -0.39 is 5.82 Å². The van der Waals surface area contributed by atoms with Crippen molar-refractivity contribution in [3.8, 4) is 5.75 Å². The van der Waals surface area contributed by atoms with Crippen molar-refractivity contribution >= 4 is 11.6 Å². The topological polar surface area (TPSA) is 67.5 Å². The fourth-order valence-electron chi connectivity index (χ4n) is 2.87. The number of nitrogens with zero attached hydrogens (tertiary/aromatic N) is 3. The van der Waals surface area contributed by atoms with Crippen LogP contribution in [0.5, 0.6) is 5.75 Å². The summed E-state index contributed by atoms with van der Waals surface area (Å²) in [5, 5.41) is 9.38. The number of ketones is 1. The maximum Gasteiger partial charge on any atom is 0.234 e. The van der Waals surface area contributed by atoms with Crippen LogP contribution in [0.15, 0.2) is 36.7 Å². The van der Waals surface area contributed by atoms with E-state index in [1.807, 2.05) is 0 Å². The number of fused-ring (bicyclic) bond motifs is 1. The first kappa shape index (κ1) is 13.9. The Balaban J connectivity index is 1.90. The molecule has 1 saturated carbocycles. The van der Waals surface area contributed by atoms with Crippen LogP contribution < -0.4 is 0 Å². The summed E-state index contributed by atoms with van der Waals surface area (Å²) >= 11 is 0. The van der Waals surface area contributed by atoms with Gasteiger partial charge in [0.05, 0.1) is 18.1 Å². The Morgan fingerprint density at radius 3 is 2.65 bits per heavy atom. The molecule has 1 N–H and O–H groups in total. The number of carbonyl (C=O) groups excluding carboxylic acids is 1. The average Bonchev–Trinajstić information content (AvgIpc) is 2.83. The largest absolute Gasteiger partial charge is 0.508 e. The lowest BCUT2D eigenvalue weighted by atomic mass is 9.81. The molecule has 0 amide bonds. The third-order valence-corrected chi connectivity index (χ3v) is 4.31. The smallest absolute Gasteiger partial charge is 0.234 e. The van der Waals surface area contributed by atoms with Crippen molar-refractivity contribution in [1.29, 1.82) is 0 Å². The standard InChI is InChI=1S/C17H14FN3O2/c18-12-8-19-17-20-14(10-2-1-3-10)15(21(17)9-12)16(23)11-4-6-13(22)7-5-11/h4-10,22H,1-3H2. The summed E-state index contributed by atoms with van der Waals surface area (Å²) in [5.41, 5.74) is 1.48. The van der Waals surface area contributed by atoms with E-state index in [4.69, 9.17) is 0 Å². The van der Waals surface area contributed by atoms with E-state index in [0.717, 1.165) is 25.5 Å². The van der Waals surface area contributed by atoms with Crippen molar-refractivity contribution < 1.29 is 14.3 Å². The first-order valence-corrected chi connectivity index (χ1v) is 7.51. The molecule has 0 saturated heterocycles. The highest BCUT2D eigenvalue weighted by molar-refractivity contribution is 6.09. The Morgan fingerprint density at radius 2 is 2.00 bits per heavy atom. The van der Waals surface area contributed by atoms with E-state index >= 15 is 0 Å². The van der Waals surface area contributed by atoms with Crippen molar-refractivity contribution in [3.05, 3.63) is 59.4 Å². The fourth-order valence-corrected chi connectivity index (χ4v) is 2.87. The molecule has 0 radical (unpaired) electrons. The van der Waals surface area contributed by atoms with Crippen molar-refractivity contribution in [2.75, 3.05) is 0 Å². The summed E-state index contributed by atoms with van der Waals surface area (Å²) < 4.78 is 15.0. The van der Waals surface area contributed by atoms with Gasteiger partial charge in [-0.1, -0.05) is 6.42 Å². The number of hydrogen-bond acceptors (Lipinski definition) is 4. The zero-order valence-electron chi connectivity index (χ0n) is 12.2. The monoisotopic (exact) mass is 311 g/mol. The second kappa shape index (κ2) is 5.15. The lowest BCUT2D eigenvalue weighted by molar-refractivity contribution is 0.103. The summed E-state index contributed by atoms with van der Waals surface area (Å²) in [6.45, 7) is 0. The van der Waals surface area contributed by atoms with Gasteiger partial charge in [0.1, 0.15) is 11.4 Å². The van der Waals surface area contributed by atoms with E-state index in [1.165, 1.54) is 22.7 Å². The van der Waals surface area contributed by atoms with E-state index in [9.17, 15) is 14.3 Å². The molecular formula is C17H14FN3O2. The van der Waals surface area contributed by atoms with Gasteiger partial charge in [0.2, 0.25) is 11.6 Å². The van der Waals surface area contributed by atoms with Crippen LogP contribution in [-0.2, 0) is 0 Å². The Morgan fingerprint density at radius 1 is 1.26 bits per heavy atom. The van der Waals surface area contributed by atoms with Gasteiger partial charge in [-0.15, -0.1) is 0 Å². The number of imidazole rings is 1. The lowest BCUT2D eigenvalue weighted by Crippen LogP contribution is -2.15. The molecule has 116 valence electrons. The van der Waals surface area contributed by atoms with Crippen LogP contribution in [-0.4, -0.2) is 25.3 Å². The van der Waals surface area contributed by atoms with E-state index in [1.54, 1.807) is 12.1 Å². The van der Waals surface area contributed by atoms with Gasteiger partial charge in [0, 0.05) is 11.5 Å². The van der Waals surface area contributed by atoms with Gasteiger partial charge in [-0.3, -0.25) is 9.20 Å². The Kier molecular flexibility index (Phi) is 3.11. The zero-order valence-corrected chi connectivity index (χ0v) is 12.2. The summed E-state index contributed by atoms with van der Waals surface area (Å²) in [7, 11) is 0. The third kappa shape index (κ3) is 2.27. The summed E-state index contributed by atoms with van der Waals surface area (Å²) in [6, 6.07) is 6.01. The van der Waals surface area contributed by atoms with Crippen LogP contribution in [0.2, 0.25) is 0 Å². The number of benzene rings is 1. The highest BCUT2D eigenvalue weighted by Gasteiger charge is 2.30. The highest BCUT2D eigenvalue weighted by atomic mass is 19.1. The molecule has 5 nitrogen and oxygen atoms in total. The average molecular weight is 311 g/mol. The van der Waals surface area contributed by atoms with E-state index in [0.29, 0.717) is 22.7 Å². The molecule has 0 unspecified atom stereocenters. The predicted octanol–water partition coefficient (Wildman–Crippen LogP) is 3.07. The second-order valence-corrected chi connectivity index (χ2v) is 5.79. The Hall–Kier alpha value is -2.76. The fraction of sp³-hybridized carbons (Fsp3) is 0.235. The maximum atomic E-state index is 13.6. The third-order valence-electron chi connectivity index (χ3n) is 4.31. The maximum absolute atomic E-state index is 13.6. The zero-order chi connectivity index (χ0) is 16.0. The minimum Gasteiger partial charge on any atom is -0.508 e. The summed E-state index contributed by atoms with van der Waals surface area (Å²) in [6.07, 6.45) is 5.39. The van der Waals surface area contributed by atoms with Gasteiger partial charge < -0.3 is 5.11 Å². The van der Waals surface area contributed by atoms with Gasteiger partial charge in [0.15, 0.2) is 5.82 Å². The van der Waals surface area contributed by atoms with E-state index in [2.05, 4.69) is 9.97 Å². The van der Waals surface area contributed by atoms with Gasteiger partial charge in [-0.2, -0.15) is 0 Å². The molecule has 1 aliphatic rings. The van der Waals surface area contributed by atoms with Gasteiger partial charge in [0.25, 0.3) is 0 Å². The molecule has 6 heteroatoms. The van der Waals surface area contributed by atoms with Crippen LogP contribution in [0.4, 0.5) is 4.39 Å². The van der Waals surface area contributed by atoms with E-state index in [-0.39, 0.29) is 17.5 Å². The molecular weight excluding hydrogens is 297 g/mol. The molecule has 4 rings (SSSR count). The number of halogens is 1. The van der Waals surface area contributed by atoms with Crippen molar-refractivity contribution in [3.63, 3.8) is 0 Å². The molecule has 1 fully saturated rings. The highest BCUT2D eigenvalue weighted by Crippen LogP contribution is 2.38. The number of phenols is 1. The van der Waals surface area contributed by atoms with Crippen LogP contribution >= 0.6 is 0 Å². The van der Waals surface area contributed by atoms with Crippen LogP contribution in [0.25, 0.3) is 5.78 Å². The number of phenolic OH excluding ortho intramolecular Hbond substituents is 1. The first-order valence-electron chi connectivity index (χ1n) is 7.51. The Labute approximate surface area is 131 Å². The Bertz CT molecular complexity index is 898. The van der Waals surface area contributed by atoms with Crippen molar-refractivity contribution in [2.45, 2.75) is 25.2 Å². The SMILES string of the molecule is O=C(c1ccc(O)cc1)c1c(C2CCC2)nc2ncc(F)cn12. The summed E-state index contributed by atoms with van der Waals surface area (Å²) in [4.78, 5) is 21.3. The van der Waals surface area contributed by atoms with Gasteiger partial charge >= 0.3 is 0 Å². The van der Waals surface area contributed by atoms with Crippen molar-refractivity contribution in [2.24, 2.45) is 0 Å². The molecule has 0 bridgehead atoms. The van der Waals surface area contributed by atoms with Crippen LogP contribution in [0.1, 0.15) is 46.9 Å². The van der Waals surface area contributed by atoms with Crippen molar-refractivity contribution in [1.82, 2.24) is 14.4 Å². The molecule has 2 aromatic heterocycles. The molecule has 1 aliphatic carbocycles. The minimum atomic E-state index is -0.519. The second-order valence-electron chi connectivity index (χ2n) is 5.79. The van der Waals surface area contributed by atoms with Gasteiger partial charge in [-0.05, 0) is 37.1 Å². The minimum absolute atomic E-state index is 0.0895. The summed E-state index contributed by atoms with van der Waals surface area (Å²) in [5.74, 6) is -0.125. The first-order chi connectivity index (χ1) is 11.1. The number of aromatic hydroxyl groups is 1. The molecule has 2 heterocycles. The predicted molar refractivity (Wildman–Crippen MR) is 81.1 cm³/mol. The van der Waals surface area contributed by atoms with Crippen LogP contribution in [0, 0.1) is 5.82 Å². The molecule has 0 atom stereocenters. The lowest BCUT2D eigenvalue weighted by Gasteiger charge is -2.24. The molecule has 0 spiro atoms. The molecule has 3 aromatic rings. The number of aromatic nitrogens is 3.